The lowest BCUT2D eigenvalue weighted by molar-refractivity contribution is -0.0494. The molecule has 0 bridgehead atoms. The van der Waals surface area contributed by atoms with Crippen molar-refractivity contribution in [3.63, 3.8) is 0 Å². The van der Waals surface area contributed by atoms with Crippen LogP contribution in [0.25, 0.3) is 11.4 Å². The van der Waals surface area contributed by atoms with Crippen molar-refractivity contribution in [2.45, 2.75) is 26.1 Å². The van der Waals surface area contributed by atoms with Crippen LogP contribution < -0.4 is 10.1 Å². The number of nitrogens with one attached hydrogen (secondary N) is 1. The Morgan fingerprint density at radius 2 is 1.88 bits per heavy atom. The fourth-order valence-electron chi connectivity index (χ4n) is 2.40. The molecule has 1 unspecified atom stereocenters. The number of benzene rings is 2. The van der Waals surface area contributed by atoms with Gasteiger partial charge >= 0.3 is 6.61 Å². The summed E-state index contributed by atoms with van der Waals surface area (Å²) < 4.78 is 34.7. The Hall–Kier alpha value is -2.51. The molecule has 0 aliphatic heterocycles. The molecule has 3 rings (SSSR count). The monoisotopic (exact) mass is 379 g/mol. The largest absolute Gasteiger partial charge is 0.434 e. The van der Waals surface area contributed by atoms with E-state index in [0.29, 0.717) is 23.0 Å². The fraction of sp³-hybridized carbons (Fsp3) is 0.222. The predicted molar refractivity (Wildman–Crippen MR) is 93.1 cm³/mol. The Bertz CT molecular complexity index is 856. The molecule has 26 heavy (non-hydrogen) atoms. The molecule has 0 aliphatic rings. The van der Waals surface area contributed by atoms with Crippen LogP contribution in [0.2, 0.25) is 5.02 Å². The molecule has 0 radical (unpaired) electrons. The molecular formula is C18H16ClF2N3O2. The average Bonchev–Trinajstić information content (AvgIpc) is 3.09. The first-order valence-electron chi connectivity index (χ1n) is 7.88. The van der Waals surface area contributed by atoms with Crippen molar-refractivity contribution in [2.75, 3.05) is 0 Å². The van der Waals surface area contributed by atoms with E-state index in [1.165, 1.54) is 6.07 Å². The molecule has 8 heteroatoms. The first kappa shape index (κ1) is 18.3. The van der Waals surface area contributed by atoms with Crippen LogP contribution in [0.4, 0.5) is 8.78 Å². The number of hydrogen-bond donors (Lipinski definition) is 1. The standard InChI is InChI=1S/C18H16ClF2N3O2/c1-11(12-6-8-13(19)9-7-12)22-10-16-23-17(24-26-16)14-4-2-3-5-15(14)25-18(20)21/h2-9,11,18,22H,10H2,1H3. The van der Waals surface area contributed by atoms with Crippen molar-refractivity contribution < 1.29 is 18.0 Å². The van der Waals surface area contributed by atoms with Gasteiger partial charge in [0.05, 0.1) is 12.1 Å². The Morgan fingerprint density at radius 3 is 2.62 bits per heavy atom. The minimum absolute atomic E-state index is 0.00246. The minimum Gasteiger partial charge on any atom is -0.434 e. The summed E-state index contributed by atoms with van der Waals surface area (Å²) in [5, 5.41) is 7.78. The maximum atomic E-state index is 12.5. The zero-order valence-corrected chi connectivity index (χ0v) is 14.6. The normalized spacial score (nSPS) is 12.3. The zero-order valence-electron chi connectivity index (χ0n) is 13.8. The molecule has 0 amide bonds. The van der Waals surface area contributed by atoms with Gasteiger partial charge < -0.3 is 14.6 Å². The summed E-state index contributed by atoms with van der Waals surface area (Å²) >= 11 is 5.88. The van der Waals surface area contributed by atoms with Gasteiger partial charge in [0.15, 0.2) is 0 Å². The van der Waals surface area contributed by atoms with Gasteiger partial charge in [-0.1, -0.05) is 41.0 Å². The lowest BCUT2D eigenvalue weighted by Crippen LogP contribution is -2.18. The first-order chi connectivity index (χ1) is 12.5. The third kappa shape index (κ3) is 4.56. The maximum Gasteiger partial charge on any atom is 0.387 e. The van der Waals surface area contributed by atoms with Gasteiger partial charge in [0.2, 0.25) is 11.7 Å². The van der Waals surface area contributed by atoms with E-state index in [-0.39, 0.29) is 17.6 Å². The van der Waals surface area contributed by atoms with Gasteiger partial charge in [-0.3, -0.25) is 0 Å². The Kier molecular flexibility index (Phi) is 5.80. The van der Waals surface area contributed by atoms with Gasteiger partial charge in [-0.2, -0.15) is 13.8 Å². The summed E-state index contributed by atoms with van der Waals surface area (Å²) in [6.45, 7) is -0.606. The highest BCUT2D eigenvalue weighted by Gasteiger charge is 2.16. The molecule has 0 fully saturated rings. The van der Waals surface area contributed by atoms with E-state index in [2.05, 4.69) is 20.2 Å². The molecule has 136 valence electrons. The summed E-state index contributed by atoms with van der Waals surface area (Å²) in [4.78, 5) is 4.24. The molecule has 0 saturated carbocycles. The van der Waals surface area contributed by atoms with Crippen LogP contribution in [0.1, 0.15) is 24.4 Å². The molecule has 0 spiro atoms. The zero-order chi connectivity index (χ0) is 18.5. The van der Waals surface area contributed by atoms with E-state index < -0.39 is 6.61 Å². The molecule has 0 aliphatic carbocycles. The summed E-state index contributed by atoms with van der Waals surface area (Å²) in [6.07, 6.45) is 0. The lowest BCUT2D eigenvalue weighted by atomic mass is 10.1. The topological polar surface area (TPSA) is 60.2 Å². The Labute approximate surface area is 153 Å². The second kappa shape index (κ2) is 8.25. The van der Waals surface area contributed by atoms with Crippen molar-refractivity contribution in [2.24, 2.45) is 0 Å². The lowest BCUT2D eigenvalue weighted by Gasteiger charge is -2.12. The van der Waals surface area contributed by atoms with E-state index in [4.69, 9.17) is 16.1 Å². The number of halogens is 3. The highest BCUT2D eigenvalue weighted by molar-refractivity contribution is 6.30. The van der Waals surface area contributed by atoms with E-state index in [1.807, 2.05) is 31.2 Å². The second-order valence-corrected chi connectivity index (χ2v) is 5.98. The Morgan fingerprint density at radius 1 is 1.15 bits per heavy atom. The van der Waals surface area contributed by atoms with Crippen LogP contribution in [-0.4, -0.2) is 16.8 Å². The Balaban J connectivity index is 1.68. The SMILES string of the molecule is CC(NCc1nc(-c2ccccc2OC(F)F)no1)c1ccc(Cl)cc1. The number of nitrogens with zero attached hydrogens (tertiary/aromatic N) is 2. The average molecular weight is 380 g/mol. The van der Waals surface area contributed by atoms with Crippen molar-refractivity contribution in [1.29, 1.82) is 0 Å². The predicted octanol–water partition coefficient (Wildman–Crippen LogP) is 4.84. The highest BCUT2D eigenvalue weighted by atomic mass is 35.5. The molecule has 1 atom stereocenters. The highest BCUT2D eigenvalue weighted by Crippen LogP contribution is 2.28. The third-order valence-corrected chi connectivity index (χ3v) is 3.99. The van der Waals surface area contributed by atoms with E-state index in [1.54, 1.807) is 18.2 Å². The van der Waals surface area contributed by atoms with Crippen LogP contribution in [0.5, 0.6) is 5.75 Å². The van der Waals surface area contributed by atoms with Crippen LogP contribution in [0.3, 0.4) is 0 Å². The van der Waals surface area contributed by atoms with Crippen molar-refractivity contribution in [3.8, 4) is 17.1 Å². The molecule has 0 saturated heterocycles. The minimum atomic E-state index is -2.93. The van der Waals surface area contributed by atoms with Crippen molar-refractivity contribution in [1.82, 2.24) is 15.5 Å². The number of para-hydroxylation sites is 1. The van der Waals surface area contributed by atoms with Crippen LogP contribution >= 0.6 is 11.6 Å². The smallest absolute Gasteiger partial charge is 0.387 e. The number of rotatable bonds is 7. The first-order valence-corrected chi connectivity index (χ1v) is 8.26. The quantitative estimate of drug-likeness (QED) is 0.636. The van der Waals surface area contributed by atoms with Gasteiger partial charge in [0, 0.05) is 11.1 Å². The molecule has 3 aromatic rings. The van der Waals surface area contributed by atoms with Crippen molar-refractivity contribution in [3.05, 3.63) is 65.0 Å². The summed E-state index contributed by atoms with van der Waals surface area (Å²) in [5.74, 6) is 0.530. The van der Waals surface area contributed by atoms with E-state index in [9.17, 15) is 8.78 Å². The number of ether oxygens (including phenoxy) is 1. The van der Waals surface area contributed by atoms with Gasteiger partial charge in [-0.25, -0.2) is 0 Å². The van der Waals surface area contributed by atoms with Crippen LogP contribution in [-0.2, 0) is 6.54 Å². The summed E-state index contributed by atoms with van der Waals surface area (Å²) in [7, 11) is 0. The van der Waals surface area contributed by atoms with E-state index in [0.717, 1.165) is 5.56 Å². The summed E-state index contributed by atoms with van der Waals surface area (Å²) in [6, 6.07) is 13.8. The van der Waals surface area contributed by atoms with Crippen LogP contribution in [0.15, 0.2) is 53.1 Å². The molecule has 2 aromatic carbocycles. The molecular weight excluding hydrogens is 364 g/mol. The van der Waals surface area contributed by atoms with Gasteiger partial charge in [0.1, 0.15) is 5.75 Å². The molecule has 1 heterocycles. The van der Waals surface area contributed by atoms with Crippen LogP contribution in [0, 0.1) is 0 Å². The molecule has 1 N–H and O–H groups in total. The number of alkyl halides is 2. The summed E-state index contributed by atoms with van der Waals surface area (Å²) in [5.41, 5.74) is 1.40. The molecule has 5 nitrogen and oxygen atoms in total. The van der Waals surface area contributed by atoms with Gasteiger partial charge in [-0.15, -0.1) is 0 Å². The third-order valence-electron chi connectivity index (χ3n) is 3.74. The van der Waals surface area contributed by atoms with Crippen molar-refractivity contribution >= 4 is 11.6 Å². The fourth-order valence-corrected chi connectivity index (χ4v) is 2.52. The second-order valence-electron chi connectivity index (χ2n) is 5.54. The van der Waals surface area contributed by atoms with E-state index >= 15 is 0 Å². The number of hydrogen-bond acceptors (Lipinski definition) is 5. The maximum absolute atomic E-state index is 12.5. The molecule has 1 aromatic heterocycles. The van der Waals surface area contributed by atoms with Gasteiger partial charge in [0.25, 0.3) is 0 Å². The van der Waals surface area contributed by atoms with Gasteiger partial charge in [-0.05, 0) is 36.8 Å². The number of aromatic nitrogens is 2.